The van der Waals surface area contributed by atoms with Crippen molar-refractivity contribution in [3.8, 4) is 5.75 Å². The maximum absolute atomic E-state index is 12.0. The van der Waals surface area contributed by atoms with Gasteiger partial charge in [0.1, 0.15) is 5.75 Å². The van der Waals surface area contributed by atoms with Crippen molar-refractivity contribution in [1.82, 2.24) is 5.32 Å². The third-order valence-corrected chi connectivity index (χ3v) is 4.91. The molecule has 1 unspecified atom stereocenters. The Labute approximate surface area is 166 Å². The largest absolute Gasteiger partial charge is 0.517 e. The molecule has 1 heterocycles. The molecule has 0 saturated heterocycles. The van der Waals surface area contributed by atoms with Crippen LogP contribution in [0, 0.1) is 12.0 Å². The Hall–Kier alpha value is -3.18. The standard InChI is InChI=1S/C20H21N5O2S/c1-20(2,3)17(13-9-6-5-7-10-13)23-19-18(24-28(27)25-19)22-15-12-8-11-14(21-4)16(15)26/h5-12,17,26H,1-3H3,(H,22,24)(H,23,25)/t17-,28?/m0/s1. The van der Waals surface area contributed by atoms with Crippen molar-refractivity contribution < 1.29 is 9.32 Å². The molecular weight excluding hydrogens is 374 g/mol. The van der Waals surface area contributed by atoms with Gasteiger partial charge in [-0.15, -0.1) is 8.80 Å². The first kappa shape index (κ1) is 19.6. The number of nitrogens with zero attached hydrogens (tertiary/aromatic N) is 3. The topological polar surface area (TPSA) is 90.4 Å². The Bertz CT molecular complexity index is 1000. The number of amidine groups is 2. The van der Waals surface area contributed by atoms with Gasteiger partial charge in [-0.05, 0) is 17.0 Å². The summed E-state index contributed by atoms with van der Waals surface area (Å²) in [6, 6.07) is 14.6. The molecule has 0 aliphatic carbocycles. The summed E-state index contributed by atoms with van der Waals surface area (Å²) in [5, 5.41) is 16.5. The Kier molecular flexibility index (Phi) is 5.47. The molecule has 0 aromatic heterocycles. The number of para-hydroxylation sites is 1. The fourth-order valence-electron chi connectivity index (χ4n) is 2.87. The van der Waals surface area contributed by atoms with Crippen molar-refractivity contribution in [3.05, 3.63) is 65.5 Å². The van der Waals surface area contributed by atoms with Gasteiger partial charge in [-0.2, -0.15) is 0 Å². The van der Waals surface area contributed by atoms with Gasteiger partial charge in [0, 0.05) is 0 Å². The molecule has 3 N–H and O–H groups in total. The van der Waals surface area contributed by atoms with E-state index < -0.39 is 11.2 Å². The van der Waals surface area contributed by atoms with Crippen LogP contribution in [-0.4, -0.2) is 21.0 Å². The van der Waals surface area contributed by atoms with Crippen LogP contribution < -0.4 is 10.6 Å². The summed E-state index contributed by atoms with van der Waals surface area (Å²) in [6.07, 6.45) is 0. The molecule has 3 rings (SSSR count). The summed E-state index contributed by atoms with van der Waals surface area (Å²) in [5.74, 6) is 0.406. The van der Waals surface area contributed by atoms with E-state index in [1.807, 2.05) is 30.3 Å². The predicted octanol–water partition coefficient (Wildman–Crippen LogP) is 4.12. The average Bonchev–Trinajstić information content (AvgIpc) is 3.00. The van der Waals surface area contributed by atoms with Gasteiger partial charge in [-0.25, -0.2) is 9.05 Å². The van der Waals surface area contributed by atoms with E-state index in [0.29, 0.717) is 11.5 Å². The molecule has 0 saturated carbocycles. The highest BCUT2D eigenvalue weighted by molar-refractivity contribution is 7.83. The number of hydrogen-bond donors (Lipinski definition) is 3. The molecule has 1 aliphatic rings. The Morgan fingerprint density at radius 3 is 2.39 bits per heavy atom. The number of phenolic OH excluding ortho intramolecular Hbond substituents is 1. The molecule has 0 amide bonds. The van der Waals surface area contributed by atoms with Crippen molar-refractivity contribution in [2.75, 3.05) is 5.32 Å². The highest BCUT2D eigenvalue weighted by Crippen LogP contribution is 2.35. The van der Waals surface area contributed by atoms with E-state index in [4.69, 9.17) is 6.57 Å². The number of hydrogen-bond acceptors (Lipinski definition) is 4. The van der Waals surface area contributed by atoms with Gasteiger partial charge in [-0.1, -0.05) is 63.2 Å². The highest BCUT2D eigenvalue weighted by Gasteiger charge is 2.30. The minimum atomic E-state index is -1.76. The van der Waals surface area contributed by atoms with Gasteiger partial charge in [0.05, 0.1) is 18.3 Å². The average molecular weight is 395 g/mol. The maximum Gasteiger partial charge on any atom is 0.269 e. The van der Waals surface area contributed by atoms with Gasteiger partial charge in [0.15, 0.2) is 11.7 Å². The van der Waals surface area contributed by atoms with E-state index in [0.717, 1.165) is 5.56 Å². The summed E-state index contributed by atoms with van der Waals surface area (Å²) in [6.45, 7) is 13.4. The lowest BCUT2D eigenvalue weighted by atomic mass is 9.82. The maximum atomic E-state index is 12.0. The van der Waals surface area contributed by atoms with Crippen LogP contribution in [0.15, 0.2) is 57.3 Å². The lowest BCUT2D eigenvalue weighted by molar-refractivity contribution is 0.303. The van der Waals surface area contributed by atoms with Crippen molar-refractivity contribution in [2.45, 2.75) is 26.8 Å². The third kappa shape index (κ3) is 4.21. The Morgan fingerprint density at radius 1 is 1.07 bits per heavy atom. The molecule has 2 atom stereocenters. The fraction of sp³-hybridized carbons (Fsp3) is 0.250. The zero-order valence-electron chi connectivity index (χ0n) is 15.8. The summed E-state index contributed by atoms with van der Waals surface area (Å²) < 4.78 is 20.1. The quantitative estimate of drug-likeness (QED) is 0.539. The smallest absolute Gasteiger partial charge is 0.269 e. The van der Waals surface area contributed by atoms with Crippen LogP contribution in [0.4, 0.5) is 11.4 Å². The van der Waals surface area contributed by atoms with Gasteiger partial charge < -0.3 is 15.7 Å². The molecule has 0 fully saturated rings. The lowest BCUT2D eigenvalue weighted by Gasteiger charge is -2.32. The number of phenols is 1. The summed E-state index contributed by atoms with van der Waals surface area (Å²) >= 11 is -1.76. The van der Waals surface area contributed by atoms with Crippen LogP contribution in [0.1, 0.15) is 32.4 Å². The SMILES string of the molecule is [C-]#[N+]c1cccc(NC2=NS(=O)N=C2N[C@@H](c2ccccc2)C(C)(C)C)c1O. The molecule has 0 bridgehead atoms. The minimum absolute atomic E-state index is 0.113. The molecule has 1 aliphatic heterocycles. The monoisotopic (exact) mass is 395 g/mol. The number of anilines is 1. The second-order valence-electron chi connectivity index (χ2n) is 7.37. The molecule has 0 radical (unpaired) electrons. The van der Waals surface area contributed by atoms with Crippen LogP contribution in [-0.2, 0) is 11.2 Å². The van der Waals surface area contributed by atoms with E-state index in [9.17, 15) is 9.32 Å². The summed E-state index contributed by atoms with van der Waals surface area (Å²) in [7, 11) is 0. The Morgan fingerprint density at radius 2 is 1.75 bits per heavy atom. The molecule has 2 aromatic carbocycles. The van der Waals surface area contributed by atoms with E-state index in [1.54, 1.807) is 12.1 Å². The number of nitrogens with one attached hydrogen (secondary N) is 2. The number of rotatable bonds is 3. The van der Waals surface area contributed by atoms with Gasteiger partial charge in [-0.3, -0.25) is 0 Å². The normalized spacial score (nSPS) is 17.3. The molecule has 144 valence electrons. The Balaban J connectivity index is 1.89. The lowest BCUT2D eigenvalue weighted by Crippen LogP contribution is -2.41. The zero-order chi connectivity index (χ0) is 20.3. The number of aromatic hydroxyl groups is 1. The van der Waals surface area contributed by atoms with E-state index >= 15 is 0 Å². The second kappa shape index (κ2) is 7.82. The first-order valence-electron chi connectivity index (χ1n) is 8.67. The molecule has 8 heteroatoms. The van der Waals surface area contributed by atoms with Crippen LogP contribution in [0.25, 0.3) is 4.85 Å². The minimum Gasteiger partial charge on any atom is -0.517 e. The van der Waals surface area contributed by atoms with Gasteiger partial charge in [0.25, 0.3) is 11.2 Å². The first-order valence-corrected chi connectivity index (χ1v) is 9.73. The van der Waals surface area contributed by atoms with Crippen molar-refractivity contribution in [3.63, 3.8) is 0 Å². The third-order valence-electron chi connectivity index (χ3n) is 4.23. The van der Waals surface area contributed by atoms with Crippen LogP contribution in [0.2, 0.25) is 0 Å². The van der Waals surface area contributed by atoms with E-state index in [2.05, 4.69) is 45.0 Å². The van der Waals surface area contributed by atoms with Gasteiger partial charge in [0.2, 0.25) is 5.69 Å². The molecule has 7 nitrogen and oxygen atoms in total. The van der Waals surface area contributed by atoms with Crippen LogP contribution in [0.5, 0.6) is 5.75 Å². The van der Waals surface area contributed by atoms with Crippen LogP contribution >= 0.6 is 0 Å². The van der Waals surface area contributed by atoms with Crippen LogP contribution in [0.3, 0.4) is 0 Å². The molecule has 0 spiro atoms. The predicted molar refractivity (Wildman–Crippen MR) is 113 cm³/mol. The highest BCUT2D eigenvalue weighted by atomic mass is 32.2. The second-order valence-corrected chi connectivity index (χ2v) is 8.20. The van der Waals surface area contributed by atoms with Crippen molar-refractivity contribution >= 4 is 34.2 Å². The van der Waals surface area contributed by atoms with E-state index in [1.165, 1.54) is 6.07 Å². The zero-order valence-corrected chi connectivity index (χ0v) is 16.6. The van der Waals surface area contributed by atoms with Gasteiger partial charge >= 0.3 is 0 Å². The first-order chi connectivity index (χ1) is 13.3. The van der Waals surface area contributed by atoms with Crippen molar-refractivity contribution in [1.29, 1.82) is 0 Å². The fourth-order valence-corrected chi connectivity index (χ4v) is 3.50. The van der Waals surface area contributed by atoms with E-state index in [-0.39, 0.29) is 28.7 Å². The molecule has 2 aromatic rings. The molecular formula is C20H21N5O2S. The van der Waals surface area contributed by atoms with Crippen molar-refractivity contribution in [2.24, 2.45) is 14.2 Å². The summed E-state index contributed by atoms with van der Waals surface area (Å²) in [4.78, 5) is 3.27. The molecule has 28 heavy (non-hydrogen) atoms. The number of benzene rings is 2. The summed E-state index contributed by atoms with van der Waals surface area (Å²) in [5.41, 5.74) is 1.32.